The first-order valence-electron chi connectivity index (χ1n) is 6.11. The lowest BCUT2D eigenvalue weighted by Crippen LogP contribution is -2.42. The highest BCUT2D eigenvalue weighted by Gasteiger charge is 2.27. The fourth-order valence-electron chi connectivity index (χ4n) is 2.53. The molecule has 0 radical (unpaired) electrons. The van der Waals surface area contributed by atoms with Gasteiger partial charge in [-0.05, 0) is 31.5 Å². The summed E-state index contributed by atoms with van der Waals surface area (Å²) < 4.78 is 1.11. The maximum Gasteiger partial charge on any atom is 0.135 e. The first-order chi connectivity index (χ1) is 8.08. The number of piperidine rings is 1. The summed E-state index contributed by atoms with van der Waals surface area (Å²) in [4.78, 5) is 13.8. The molecular formula is C14H18BrNO. The molecule has 0 spiro atoms. The van der Waals surface area contributed by atoms with Crippen LogP contribution in [-0.2, 0) is 4.79 Å². The molecular weight excluding hydrogens is 278 g/mol. The Balaban J connectivity index is 2.11. The number of hydrogen-bond donors (Lipinski definition) is 0. The predicted octanol–water partition coefficient (Wildman–Crippen LogP) is 3.56. The highest BCUT2D eigenvalue weighted by atomic mass is 79.9. The van der Waals surface area contributed by atoms with E-state index in [0.717, 1.165) is 11.0 Å². The summed E-state index contributed by atoms with van der Waals surface area (Å²) in [7, 11) is 0. The lowest BCUT2D eigenvalue weighted by molar-refractivity contribution is -0.123. The van der Waals surface area contributed by atoms with E-state index in [-0.39, 0.29) is 0 Å². The molecule has 2 nitrogen and oxygen atoms in total. The third kappa shape index (κ3) is 2.96. The second-order valence-corrected chi connectivity index (χ2v) is 5.72. The zero-order valence-corrected chi connectivity index (χ0v) is 11.9. The second-order valence-electron chi connectivity index (χ2n) is 4.81. The quantitative estimate of drug-likeness (QED) is 0.831. The summed E-state index contributed by atoms with van der Waals surface area (Å²) in [5, 5.41) is 0. The summed E-state index contributed by atoms with van der Waals surface area (Å²) in [5.41, 5.74) is 1.31. The van der Waals surface area contributed by atoms with Gasteiger partial charge in [0, 0.05) is 35.9 Å². The van der Waals surface area contributed by atoms with Gasteiger partial charge in [0.05, 0.1) is 0 Å². The minimum Gasteiger partial charge on any atom is -0.300 e. The molecule has 0 aliphatic carbocycles. The molecule has 3 heteroatoms. The monoisotopic (exact) mass is 295 g/mol. The molecule has 2 atom stereocenters. The Morgan fingerprint density at radius 3 is 2.59 bits per heavy atom. The van der Waals surface area contributed by atoms with Gasteiger partial charge in [-0.2, -0.15) is 0 Å². The van der Waals surface area contributed by atoms with Crippen LogP contribution in [0.25, 0.3) is 0 Å². The number of rotatable bonds is 2. The number of nitrogens with zero attached hydrogens (tertiary/aromatic N) is 1. The van der Waals surface area contributed by atoms with Gasteiger partial charge in [-0.15, -0.1) is 0 Å². The SMILES string of the molecule is CC1CC(=O)CCN1C(C)c1ccc(Br)cc1. The Kier molecular flexibility index (Phi) is 4.00. The van der Waals surface area contributed by atoms with Crippen LogP contribution in [0.3, 0.4) is 0 Å². The van der Waals surface area contributed by atoms with Crippen molar-refractivity contribution in [3.8, 4) is 0 Å². The summed E-state index contributed by atoms with van der Waals surface area (Å²) in [6.45, 7) is 5.25. The number of halogens is 1. The fourth-order valence-corrected chi connectivity index (χ4v) is 2.80. The minimum atomic E-state index is 0.356. The highest BCUT2D eigenvalue weighted by molar-refractivity contribution is 9.10. The number of likely N-dealkylation sites (tertiary alicyclic amines) is 1. The van der Waals surface area contributed by atoms with E-state index in [4.69, 9.17) is 0 Å². The molecule has 0 bridgehead atoms. The third-order valence-corrected chi connectivity index (χ3v) is 4.12. The van der Waals surface area contributed by atoms with Crippen LogP contribution in [0, 0.1) is 0 Å². The van der Waals surface area contributed by atoms with Crippen LogP contribution in [-0.4, -0.2) is 23.3 Å². The smallest absolute Gasteiger partial charge is 0.135 e. The Morgan fingerprint density at radius 2 is 2.00 bits per heavy atom. The molecule has 1 aromatic rings. The molecule has 0 N–H and O–H groups in total. The molecule has 2 unspecified atom stereocenters. The van der Waals surface area contributed by atoms with Crippen LogP contribution in [0.15, 0.2) is 28.7 Å². The van der Waals surface area contributed by atoms with Crippen LogP contribution in [0.4, 0.5) is 0 Å². The van der Waals surface area contributed by atoms with Crippen LogP contribution >= 0.6 is 15.9 Å². The van der Waals surface area contributed by atoms with Crippen LogP contribution in [0.2, 0.25) is 0 Å². The van der Waals surface area contributed by atoms with E-state index in [1.807, 2.05) is 0 Å². The Hall–Kier alpha value is -0.670. The van der Waals surface area contributed by atoms with Crippen molar-refractivity contribution in [1.29, 1.82) is 0 Å². The molecule has 2 rings (SSSR count). The number of benzene rings is 1. The largest absolute Gasteiger partial charge is 0.300 e. The van der Waals surface area contributed by atoms with E-state index >= 15 is 0 Å². The normalized spacial score (nSPS) is 23.7. The van der Waals surface area contributed by atoms with Crippen molar-refractivity contribution in [2.75, 3.05) is 6.54 Å². The van der Waals surface area contributed by atoms with Gasteiger partial charge in [-0.25, -0.2) is 0 Å². The maximum absolute atomic E-state index is 11.4. The van der Waals surface area contributed by atoms with Gasteiger partial charge in [0.25, 0.3) is 0 Å². The number of carbonyl (C=O) groups is 1. The average molecular weight is 296 g/mol. The van der Waals surface area contributed by atoms with Gasteiger partial charge >= 0.3 is 0 Å². The van der Waals surface area contributed by atoms with Gasteiger partial charge in [-0.3, -0.25) is 9.69 Å². The maximum atomic E-state index is 11.4. The third-order valence-electron chi connectivity index (χ3n) is 3.59. The van der Waals surface area contributed by atoms with Gasteiger partial charge in [0.2, 0.25) is 0 Å². The lowest BCUT2D eigenvalue weighted by Gasteiger charge is -2.37. The molecule has 1 saturated heterocycles. The zero-order chi connectivity index (χ0) is 12.4. The van der Waals surface area contributed by atoms with Crippen molar-refractivity contribution in [1.82, 2.24) is 4.90 Å². The average Bonchev–Trinajstić information content (AvgIpc) is 2.29. The first-order valence-corrected chi connectivity index (χ1v) is 6.90. The van der Waals surface area contributed by atoms with Gasteiger partial charge in [0.15, 0.2) is 0 Å². The van der Waals surface area contributed by atoms with Crippen molar-refractivity contribution in [3.63, 3.8) is 0 Å². The van der Waals surface area contributed by atoms with Gasteiger partial charge in [-0.1, -0.05) is 28.1 Å². The van der Waals surface area contributed by atoms with E-state index in [0.29, 0.717) is 30.7 Å². The molecule has 17 heavy (non-hydrogen) atoms. The van der Waals surface area contributed by atoms with Crippen LogP contribution in [0.1, 0.15) is 38.3 Å². The van der Waals surface area contributed by atoms with Crippen molar-refractivity contribution < 1.29 is 4.79 Å². The van der Waals surface area contributed by atoms with E-state index in [1.165, 1.54) is 5.56 Å². The van der Waals surface area contributed by atoms with E-state index in [2.05, 4.69) is 58.9 Å². The Morgan fingerprint density at radius 1 is 1.35 bits per heavy atom. The van der Waals surface area contributed by atoms with Gasteiger partial charge < -0.3 is 0 Å². The zero-order valence-electron chi connectivity index (χ0n) is 10.3. The van der Waals surface area contributed by atoms with Crippen molar-refractivity contribution in [3.05, 3.63) is 34.3 Å². The molecule has 1 aliphatic rings. The highest BCUT2D eigenvalue weighted by Crippen LogP contribution is 2.27. The molecule has 92 valence electrons. The summed E-state index contributed by atoms with van der Waals surface area (Å²) in [5.74, 6) is 0.400. The molecule has 0 amide bonds. The number of ketones is 1. The molecule has 1 heterocycles. The molecule has 0 aromatic heterocycles. The van der Waals surface area contributed by atoms with E-state index < -0.39 is 0 Å². The number of carbonyl (C=O) groups excluding carboxylic acids is 1. The first kappa shape index (κ1) is 12.8. The summed E-state index contributed by atoms with van der Waals surface area (Å²) >= 11 is 3.45. The van der Waals surface area contributed by atoms with E-state index in [9.17, 15) is 4.79 Å². The molecule has 1 aliphatic heterocycles. The summed E-state index contributed by atoms with van der Waals surface area (Å²) in [6, 6.07) is 9.19. The topological polar surface area (TPSA) is 20.3 Å². The Bertz CT molecular complexity index is 401. The lowest BCUT2D eigenvalue weighted by atomic mass is 9.97. The number of hydrogen-bond acceptors (Lipinski definition) is 2. The van der Waals surface area contributed by atoms with Crippen molar-refractivity contribution in [2.24, 2.45) is 0 Å². The van der Waals surface area contributed by atoms with Crippen LogP contribution in [0.5, 0.6) is 0 Å². The van der Waals surface area contributed by atoms with Crippen molar-refractivity contribution in [2.45, 2.75) is 38.8 Å². The van der Waals surface area contributed by atoms with Crippen molar-refractivity contribution >= 4 is 21.7 Å². The minimum absolute atomic E-state index is 0.356. The molecule has 1 fully saturated rings. The van der Waals surface area contributed by atoms with Crippen LogP contribution < -0.4 is 0 Å². The predicted molar refractivity (Wildman–Crippen MR) is 73.0 cm³/mol. The van der Waals surface area contributed by atoms with E-state index in [1.54, 1.807) is 0 Å². The Labute approximate surface area is 111 Å². The van der Waals surface area contributed by atoms with Gasteiger partial charge in [0.1, 0.15) is 5.78 Å². The summed E-state index contributed by atoms with van der Waals surface area (Å²) in [6.07, 6.45) is 1.39. The number of Topliss-reactive ketones (excluding diaryl/α,β-unsaturated/α-hetero) is 1. The fraction of sp³-hybridized carbons (Fsp3) is 0.500. The second kappa shape index (κ2) is 5.32. The standard InChI is InChI=1S/C14H18BrNO/c1-10-9-14(17)7-8-16(10)11(2)12-3-5-13(15)6-4-12/h3-6,10-11H,7-9H2,1-2H3. The molecule has 1 aromatic carbocycles. The molecule has 0 saturated carbocycles.